The first kappa shape index (κ1) is 12.5. The van der Waals surface area contributed by atoms with Crippen molar-refractivity contribution in [2.75, 3.05) is 5.32 Å². The van der Waals surface area contributed by atoms with Gasteiger partial charge in [0.1, 0.15) is 5.69 Å². The molecule has 4 nitrogen and oxygen atoms in total. The Kier molecular flexibility index (Phi) is 3.92. The van der Waals surface area contributed by atoms with E-state index in [4.69, 9.17) is 17.3 Å². The van der Waals surface area contributed by atoms with Crippen molar-refractivity contribution < 1.29 is 4.79 Å². The van der Waals surface area contributed by atoms with Crippen LogP contribution in [-0.2, 0) is 6.54 Å². The van der Waals surface area contributed by atoms with Gasteiger partial charge in [0.05, 0.1) is 0 Å². The van der Waals surface area contributed by atoms with Crippen LogP contribution in [0.5, 0.6) is 0 Å². The molecule has 92 valence electrons. The number of nitrogens with zero attached hydrogens (tertiary/aromatic N) is 1. The van der Waals surface area contributed by atoms with Gasteiger partial charge >= 0.3 is 0 Å². The molecule has 0 aliphatic heterocycles. The average molecular weight is 262 g/mol. The fourth-order valence-electron chi connectivity index (χ4n) is 1.41. The average Bonchev–Trinajstić information content (AvgIpc) is 2.41. The smallest absolute Gasteiger partial charge is 0.274 e. The molecule has 0 saturated carbocycles. The lowest BCUT2D eigenvalue weighted by atomic mass is 10.2. The fourth-order valence-corrected chi connectivity index (χ4v) is 1.53. The van der Waals surface area contributed by atoms with E-state index in [2.05, 4.69) is 10.3 Å². The van der Waals surface area contributed by atoms with Crippen LogP contribution < -0.4 is 11.1 Å². The number of halogens is 1. The van der Waals surface area contributed by atoms with Gasteiger partial charge in [0.2, 0.25) is 0 Å². The van der Waals surface area contributed by atoms with E-state index in [0.29, 0.717) is 22.9 Å². The summed E-state index contributed by atoms with van der Waals surface area (Å²) in [6.07, 6.45) is 1.59. The van der Waals surface area contributed by atoms with Crippen LogP contribution in [0.2, 0.25) is 5.02 Å². The van der Waals surface area contributed by atoms with Gasteiger partial charge in [-0.3, -0.25) is 9.78 Å². The first-order valence-corrected chi connectivity index (χ1v) is 5.79. The van der Waals surface area contributed by atoms with Crippen LogP contribution in [0.25, 0.3) is 0 Å². The lowest BCUT2D eigenvalue weighted by Crippen LogP contribution is -2.13. The predicted octanol–water partition coefficient (Wildman–Crippen LogP) is 2.45. The number of nitrogens with two attached hydrogens (primary N) is 1. The van der Waals surface area contributed by atoms with Crippen LogP contribution in [0.4, 0.5) is 5.69 Å². The maximum absolute atomic E-state index is 11.9. The van der Waals surface area contributed by atoms with Gasteiger partial charge in [0, 0.05) is 23.5 Å². The molecule has 3 N–H and O–H groups in total. The number of amides is 1. The van der Waals surface area contributed by atoms with Crippen LogP contribution in [0, 0.1) is 0 Å². The van der Waals surface area contributed by atoms with Gasteiger partial charge < -0.3 is 11.1 Å². The highest BCUT2D eigenvalue weighted by Gasteiger charge is 2.07. The topological polar surface area (TPSA) is 68.0 Å². The molecule has 1 amide bonds. The molecule has 5 heteroatoms. The number of aromatic nitrogens is 1. The lowest BCUT2D eigenvalue weighted by Gasteiger charge is -2.05. The fraction of sp³-hybridized carbons (Fsp3) is 0.0769. The van der Waals surface area contributed by atoms with Gasteiger partial charge in [-0.15, -0.1) is 0 Å². The Morgan fingerprint density at radius 1 is 1.22 bits per heavy atom. The van der Waals surface area contributed by atoms with Crippen molar-refractivity contribution in [2.24, 2.45) is 5.73 Å². The van der Waals surface area contributed by atoms with Crippen LogP contribution in [0.3, 0.4) is 0 Å². The second-order valence-electron chi connectivity index (χ2n) is 3.72. The second-order valence-corrected chi connectivity index (χ2v) is 4.15. The van der Waals surface area contributed by atoms with Crippen molar-refractivity contribution in [2.45, 2.75) is 6.54 Å². The Hall–Kier alpha value is -1.91. The summed E-state index contributed by atoms with van der Waals surface area (Å²) in [6.45, 7) is 0.409. The first-order valence-electron chi connectivity index (χ1n) is 5.41. The minimum Gasteiger partial charge on any atom is -0.326 e. The molecule has 0 aliphatic carbocycles. The molecule has 0 fully saturated rings. The monoisotopic (exact) mass is 261 g/mol. The van der Waals surface area contributed by atoms with E-state index in [-0.39, 0.29) is 5.91 Å². The van der Waals surface area contributed by atoms with Crippen molar-refractivity contribution >= 4 is 23.2 Å². The van der Waals surface area contributed by atoms with Crippen molar-refractivity contribution in [3.63, 3.8) is 0 Å². The van der Waals surface area contributed by atoms with Crippen LogP contribution in [-0.4, -0.2) is 10.9 Å². The summed E-state index contributed by atoms with van der Waals surface area (Å²) >= 11 is 5.76. The number of carbonyl (C=O) groups is 1. The summed E-state index contributed by atoms with van der Waals surface area (Å²) in [5, 5.41) is 3.36. The maximum Gasteiger partial charge on any atom is 0.274 e. The number of anilines is 1. The maximum atomic E-state index is 11.9. The van der Waals surface area contributed by atoms with Crippen LogP contribution >= 0.6 is 11.6 Å². The van der Waals surface area contributed by atoms with E-state index in [1.165, 1.54) is 0 Å². The summed E-state index contributed by atoms with van der Waals surface area (Å²) < 4.78 is 0. The second kappa shape index (κ2) is 5.62. The molecule has 2 aromatic rings. The molecule has 0 radical (unpaired) electrons. The molecule has 0 aliphatic rings. The summed E-state index contributed by atoms with van der Waals surface area (Å²) in [5.74, 6) is -0.263. The molecule has 0 atom stereocenters. The summed E-state index contributed by atoms with van der Waals surface area (Å²) in [6, 6.07) is 10.3. The zero-order valence-electron chi connectivity index (χ0n) is 9.56. The van der Waals surface area contributed by atoms with E-state index in [1.54, 1.807) is 42.6 Å². The van der Waals surface area contributed by atoms with E-state index < -0.39 is 0 Å². The van der Waals surface area contributed by atoms with Gasteiger partial charge in [-0.05, 0) is 35.9 Å². The van der Waals surface area contributed by atoms with Gasteiger partial charge in [0.15, 0.2) is 0 Å². The summed E-state index contributed by atoms with van der Waals surface area (Å²) in [5.41, 5.74) is 7.37. The number of benzene rings is 1. The summed E-state index contributed by atoms with van der Waals surface area (Å²) in [7, 11) is 0. The molecular weight excluding hydrogens is 250 g/mol. The van der Waals surface area contributed by atoms with E-state index in [0.717, 1.165) is 5.56 Å². The first-order chi connectivity index (χ1) is 8.69. The summed E-state index contributed by atoms with van der Waals surface area (Å²) in [4.78, 5) is 15.9. The third kappa shape index (κ3) is 3.06. The number of hydrogen-bond donors (Lipinski definition) is 2. The minimum atomic E-state index is -0.263. The number of hydrogen-bond acceptors (Lipinski definition) is 3. The highest BCUT2D eigenvalue weighted by molar-refractivity contribution is 6.30. The SMILES string of the molecule is NCc1ccc(C(=O)Nc2ccc(Cl)cc2)nc1. The molecule has 0 saturated heterocycles. The Balaban J connectivity index is 2.09. The third-order valence-corrected chi connectivity index (χ3v) is 2.65. The van der Waals surface area contributed by atoms with Crippen molar-refractivity contribution in [1.82, 2.24) is 4.98 Å². The third-order valence-electron chi connectivity index (χ3n) is 2.40. The van der Waals surface area contributed by atoms with E-state index in [9.17, 15) is 4.79 Å². The van der Waals surface area contributed by atoms with Gasteiger partial charge in [-0.25, -0.2) is 0 Å². The number of nitrogens with one attached hydrogen (secondary N) is 1. The molecule has 1 aromatic carbocycles. The standard InChI is InChI=1S/C13H12ClN3O/c14-10-2-4-11(5-3-10)17-13(18)12-6-1-9(7-15)8-16-12/h1-6,8H,7,15H2,(H,17,18). The molecule has 0 unspecified atom stereocenters. The zero-order valence-corrected chi connectivity index (χ0v) is 10.3. The largest absolute Gasteiger partial charge is 0.326 e. The van der Waals surface area contributed by atoms with Crippen molar-refractivity contribution in [3.8, 4) is 0 Å². The Bertz CT molecular complexity index is 537. The van der Waals surface area contributed by atoms with Gasteiger partial charge in [-0.1, -0.05) is 17.7 Å². The Morgan fingerprint density at radius 2 is 1.94 bits per heavy atom. The Morgan fingerprint density at radius 3 is 2.50 bits per heavy atom. The minimum absolute atomic E-state index is 0.263. The zero-order chi connectivity index (χ0) is 13.0. The number of pyridine rings is 1. The molecule has 18 heavy (non-hydrogen) atoms. The van der Waals surface area contributed by atoms with Gasteiger partial charge in [0.25, 0.3) is 5.91 Å². The number of rotatable bonds is 3. The highest BCUT2D eigenvalue weighted by Crippen LogP contribution is 2.14. The normalized spacial score (nSPS) is 10.1. The van der Waals surface area contributed by atoms with Gasteiger partial charge in [-0.2, -0.15) is 0 Å². The molecule has 1 heterocycles. The van der Waals surface area contributed by atoms with E-state index >= 15 is 0 Å². The molecule has 0 bridgehead atoms. The quantitative estimate of drug-likeness (QED) is 0.892. The highest BCUT2D eigenvalue weighted by atomic mass is 35.5. The van der Waals surface area contributed by atoms with Crippen molar-refractivity contribution in [1.29, 1.82) is 0 Å². The molecule has 1 aromatic heterocycles. The molecular formula is C13H12ClN3O. The molecule has 2 rings (SSSR count). The predicted molar refractivity (Wildman–Crippen MR) is 71.5 cm³/mol. The lowest BCUT2D eigenvalue weighted by molar-refractivity contribution is 0.102. The van der Waals surface area contributed by atoms with Crippen LogP contribution in [0.15, 0.2) is 42.6 Å². The van der Waals surface area contributed by atoms with Crippen LogP contribution in [0.1, 0.15) is 16.1 Å². The number of carbonyl (C=O) groups excluding carboxylic acids is 1. The molecule has 0 spiro atoms. The van der Waals surface area contributed by atoms with E-state index in [1.807, 2.05) is 0 Å². The van der Waals surface area contributed by atoms with Crippen molar-refractivity contribution in [3.05, 3.63) is 58.9 Å². The Labute approximate surface area is 110 Å².